The first-order chi connectivity index (χ1) is 8.89. The lowest BCUT2D eigenvalue weighted by Crippen LogP contribution is -2.39. The molecule has 19 heavy (non-hydrogen) atoms. The lowest BCUT2D eigenvalue weighted by molar-refractivity contribution is 0.0191. The van der Waals surface area contributed by atoms with Gasteiger partial charge in [0.15, 0.2) is 0 Å². The number of hydrogen-bond acceptors (Lipinski definition) is 4. The molecule has 1 aliphatic heterocycles. The van der Waals surface area contributed by atoms with Crippen molar-refractivity contribution in [2.24, 2.45) is 5.92 Å². The fourth-order valence-electron chi connectivity index (χ4n) is 2.11. The van der Waals surface area contributed by atoms with E-state index < -0.39 is 5.60 Å². The summed E-state index contributed by atoms with van der Waals surface area (Å²) in [5, 5.41) is 13.6. The third kappa shape index (κ3) is 3.47. The van der Waals surface area contributed by atoms with Crippen molar-refractivity contribution in [2.45, 2.75) is 39.5 Å². The van der Waals surface area contributed by atoms with Gasteiger partial charge in [-0.2, -0.15) is 5.10 Å². The van der Waals surface area contributed by atoms with Gasteiger partial charge in [-0.25, -0.2) is 4.79 Å². The number of rotatable bonds is 1. The Labute approximate surface area is 113 Å². The molecule has 0 radical (unpaired) electrons. The molecule has 0 unspecified atom stereocenters. The number of carbonyl (C=O) groups excluding carboxylic acids is 1. The Bertz CT molecular complexity index is 450. The molecule has 1 aliphatic rings. The molecular weight excluding hydrogens is 246 g/mol. The summed E-state index contributed by atoms with van der Waals surface area (Å²) in [6.07, 6.45) is 1.36. The first-order valence-electron chi connectivity index (χ1n) is 6.48. The number of aliphatic hydroxyl groups is 1. The predicted octanol–water partition coefficient (Wildman–Crippen LogP) is 1.24. The van der Waals surface area contributed by atoms with Crippen molar-refractivity contribution in [1.29, 1.82) is 0 Å². The van der Waals surface area contributed by atoms with E-state index in [1.807, 2.05) is 31.5 Å². The molecule has 1 aromatic rings. The van der Waals surface area contributed by atoms with E-state index in [1.165, 1.54) is 0 Å². The van der Waals surface area contributed by atoms with E-state index in [0.29, 0.717) is 19.6 Å². The van der Waals surface area contributed by atoms with Gasteiger partial charge in [-0.15, -0.1) is 0 Å². The lowest BCUT2D eigenvalue weighted by atomic mass is 10.1. The monoisotopic (exact) mass is 267 g/mol. The first-order valence-corrected chi connectivity index (χ1v) is 6.48. The number of ether oxygens (including phenoxy) is 1. The van der Waals surface area contributed by atoms with Crippen molar-refractivity contribution in [1.82, 2.24) is 14.7 Å². The Morgan fingerprint density at radius 2 is 2.26 bits per heavy atom. The predicted molar refractivity (Wildman–Crippen MR) is 69.4 cm³/mol. The van der Waals surface area contributed by atoms with Gasteiger partial charge in [0.05, 0.1) is 12.2 Å². The number of amides is 1. The van der Waals surface area contributed by atoms with Gasteiger partial charge in [-0.3, -0.25) is 4.68 Å². The van der Waals surface area contributed by atoms with Gasteiger partial charge in [0, 0.05) is 31.8 Å². The van der Waals surface area contributed by atoms with Crippen LogP contribution in [0.3, 0.4) is 0 Å². The normalized spacial score (nSPS) is 19.8. The summed E-state index contributed by atoms with van der Waals surface area (Å²) in [5.74, 6) is -0.0198. The summed E-state index contributed by atoms with van der Waals surface area (Å²) in [6, 6.07) is 1.89. The second-order valence-corrected chi connectivity index (χ2v) is 5.91. The zero-order valence-electron chi connectivity index (χ0n) is 11.7. The van der Waals surface area contributed by atoms with Crippen molar-refractivity contribution in [3.8, 4) is 0 Å². The molecule has 0 bridgehead atoms. The fraction of sp³-hybridized carbons (Fsp3) is 0.692. The molecule has 1 aromatic heterocycles. The topological polar surface area (TPSA) is 67.6 Å². The molecule has 0 saturated heterocycles. The Morgan fingerprint density at radius 1 is 1.53 bits per heavy atom. The second-order valence-electron chi connectivity index (χ2n) is 5.91. The third-order valence-corrected chi connectivity index (χ3v) is 2.98. The van der Waals surface area contributed by atoms with E-state index in [0.717, 1.165) is 5.69 Å². The smallest absolute Gasteiger partial charge is 0.410 e. The van der Waals surface area contributed by atoms with Crippen molar-refractivity contribution in [3.05, 3.63) is 18.0 Å². The van der Waals surface area contributed by atoms with Crippen LogP contribution in [-0.2, 0) is 17.8 Å². The van der Waals surface area contributed by atoms with Gasteiger partial charge in [-0.05, 0) is 26.8 Å². The van der Waals surface area contributed by atoms with Gasteiger partial charge >= 0.3 is 6.09 Å². The van der Waals surface area contributed by atoms with Crippen LogP contribution in [0.4, 0.5) is 4.79 Å². The highest BCUT2D eigenvalue weighted by Gasteiger charge is 2.28. The third-order valence-electron chi connectivity index (χ3n) is 2.98. The van der Waals surface area contributed by atoms with Crippen LogP contribution in [0.25, 0.3) is 0 Å². The quantitative estimate of drug-likeness (QED) is 0.831. The average molecular weight is 267 g/mol. The van der Waals surface area contributed by atoms with Crippen LogP contribution < -0.4 is 0 Å². The summed E-state index contributed by atoms with van der Waals surface area (Å²) in [4.78, 5) is 13.8. The minimum absolute atomic E-state index is 0.0198. The van der Waals surface area contributed by atoms with E-state index in [4.69, 9.17) is 4.74 Å². The number of aromatic nitrogens is 2. The summed E-state index contributed by atoms with van der Waals surface area (Å²) in [7, 11) is 0. The molecule has 0 spiro atoms. The first kappa shape index (κ1) is 13.9. The van der Waals surface area contributed by atoms with Crippen molar-refractivity contribution < 1.29 is 14.6 Å². The molecule has 2 rings (SSSR count). The van der Waals surface area contributed by atoms with Gasteiger partial charge in [0.1, 0.15) is 5.60 Å². The lowest BCUT2D eigenvalue weighted by Gasteiger charge is -2.27. The average Bonchev–Trinajstić information content (AvgIpc) is 2.64. The Balaban J connectivity index is 2.15. The molecule has 2 heterocycles. The Hall–Kier alpha value is -1.56. The van der Waals surface area contributed by atoms with E-state index in [-0.39, 0.29) is 18.6 Å². The number of fused-ring (bicyclic) bond motifs is 1. The number of aliphatic hydroxyl groups excluding tert-OH is 1. The molecule has 106 valence electrons. The van der Waals surface area contributed by atoms with Crippen LogP contribution in [0.5, 0.6) is 0 Å². The van der Waals surface area contributed by atoms with E-state index in [1.54, 1.807) is 11.1 Å². The van der Waals surface area contributed by atoms with E-state index in [2.05, 4.69) is 5.10 Å². The number of carbonyl (C=O) groups is 1. The summed E-state index contributed by atoms with van der Waals surface area (Å²) < 4.78 is 7.23. The highest BCUT2D eigenvalue weighted by Crippen LogP contribution is 2.18. The SMILES string of the molecule is CC(C)(C)OC(=O)N1Cc2ccnn2C[C@@H](CO)C1. The number of hydrogen-bond donors (Lipinski definition) is 1. The van der Waals surface area contributed by atoms with Crippen LogP contribution in [0.15, 0.2) is 12.3 Å². The summed E-state index contributed by atoms with van der Waals surface area (Å²) in [6.45, 7) is 7.13. The van der Waals surface area contributed by atoms with Crippen molar-refractivity contribution >= 4 is 6.09 Å². The van der Waals surface area contributed by atoms with Gasteiger partial charge < -0.3 is 14.7 Å². The Morgan fingerprint density at radius 3 is 2.89 bits per heavy atom. The maximum Gasteiger partial charge on any atom is 0.410 e. The summed E-state index contributed by atoms with van der Waals surface area (Å²) in [5.41, 5.74) is 0.444. The van der Waals surface area contributed by atoms with Crippen molar-refractivity contribution in [2.75, 3.05) is 13.2 Å². The summed E-state index contributed by atoms with van der Waals surface area (Å²) >= 11 is 0. The highest BCUT2D eigenvalue weighted by atomic mass is 16.6. The van der Waals surface area contributed by atoms with E-state index in [9.17, 15) is 9.90 Å². The van der Waals surface area contributed by atoms with Gasteiger partial charge in [-0.1, -0.05) is 0 Å². The molecule has 1 amide bonds. The molecule has 1 atom stereocenters. The minimum Gasteiger partial charge on any atom is -0.444 e. The molecule has 0 fully saturated rings. The molecule has 6 nitrogen and oxygen atoms in total. The molecule has 0 aromatic carbocycles. The highest BCUT2D eigenvalue weighted by molar-refractivity contribution is 5.68. The van der Waals surface area contributed by atoms with Crippen LogP contribution in [0.2, 0.25) is 0 Å². The standard InChI is InChI=1S/C13H21N3O3/c1-13(2,3)19-12(18)15-6-10(9-17)7-16-11(8-15)4-5-14-16/h4-5,10,17H,6-9H2,1-3H3/t10-/m0/s1. The second kappa shape index (κ2) is 5.21. The van der Waals surface area contributed by atoms with Crippen LogP contribution in [0, 0.1) is 5.92 Å². The molecule has 0 saturated carbocycles. The van der Waals surface area contributed by atoms with Gasteiger partial charge in [0.25, 0.3) is 0 Å². The van der Waals surface area contributed by atoms with Crippen molar-refractivity contribution in [3.63, 3.8) is 0 Å². The fourth-order valence-corrected chi connectivity index (χ4v) is 2.11. The largest absolute Gasteiger partial charge is 0.444 e. The minimum atomic E-state index is -0.516. The molecule has 1 N–H and O–H groups in total. The van der Waals surface area contributed by atoms with Crippen LogP contribution in [0.1, 0.15) is 26.5 Å². The zero-order valence-corrected chi connectivity index (χ0v) is 11.7. The van der Waals surface area contributed by atoms with E-state index >= 15 is 0 Å². The van der Waals surface area contributed by atoms with Crippen LogP contribution >= 0.6 is 0 Å². The molecule has 0 aliphatic carbocycles. The molecule has 6 heteroatoms. The maximum absolute atomic E-state index is 12.2. The zero-order chi connectivity index (χ0) is 14.0. The number of nitrogens with zero attached hydrogens (tertiary/aromatic N) is 3. The van der Waals surface area contributed by atoms with Gasteiger partial charge in [0.2, 0.25) is 0 Å². The Kier molecular flexibility index (Phi) is 3.80. The maximum atomic E-state index is 12.2. The van der Waals surface area contributed by atoms with Crippen LogP contribution in [-0.4, -0.2) is 44.6 Å². The molecular formula is C13H21N3O3.